The van der Waals surface area contributed by atoms with Crippen LogP contribution in [0.5, 0.6) is 0 Å². The van der Waals surface area contributed by atoms with Gasteiger partial charge in [-0.2, -0.15) is 0 Å². The van der Waals surface area contributed by atoms with Crippen molar-refractivity contribution < 1.29 is 23.5 Å². The van der Waals surface area contributed by atoms with Crippen LogP contribution in [0.3, 0.4) is 0 Å². The monoisotopic (exact) mass is 403 g/mol. The number of aryl methyl sites for hydroxylation is 1. The van der Waals surface area contributed by atoms with Gasteiger partial charge in [0.2, 0.25) is 0 Å². The first-order chi connectivity index (χ1) is 13.8. The zero-order chi connectivity index (χ0) is 21.1. The lowest BCUT2D eigenvalue weighted by molar-refractivity contribution is 0.0376. The van der Waals surface area contributed by atoms with Crippen LogP contribution < -0.4 is 10.2 Å². The molecule has 7 nitrogen and oxygen atoms in total. The Bertz CT molecular complexity index is 917. The van der Waals surface area contributed by atoms with Gasteiger partial charge < -0.3 is 24.7 Å². The molecule has 156 valence electrons. The molecular formula is C21H26FN3O4. The molecule has 0 aliphatic carbocycles. The number of rotatable bonds is 5. The van der Waals surface area contributed by atoms with Crippen LogP contribution >= 0.6 is 0 Å². The molecule has 29 heavy (non-hydrogen) atoms. The quantitative estimate of drug-likeness (QED) is 0.748. The van der Waals surface area contributed by atoms with Crippen LogP contribution in [0.1, 0.15) is 46.0 Å². The summed E-state index contributed by atoms with van der Waals surface area (Å²) in [4.78, 5) is 29.8. The molecule has 2 N–H and O–H groups in total. The predicted molar refractivity (Wildman–Crippen MR) is 108 cm³/mol. The van der Waals surface area contributed by atoms with Crippen LogP contribution in [0.25, 0.3) is 0 Å². The minimum atomic E-state index is -0.480. The highest BCUT2D eigenvalue weighted by atomic mass is 19.1. The van der Waals surface area contributed by atoms with E-state index in [1.165, 1.54) is 6.07 Å². The number of carbonyl (C=O) groups excluding carboxylic acids is 2. The van der Waals surface area contributed by atoms with Crippen LogP contribution in [0.15, 0.2) is 18.2 Å². The lowest BCUT2D eigenvalue weighted by Crippen LogP contribution is -2.36. The Morgan fingerprint density at radius 3 is 2.55 bits per heavy atom. The molecule has 0 saturated carbocycles. The first kappa shape index (κ1) is 20.9. The number of hydrogen-bond donors (Lipinski definition) is 2. The van der Waals surface area contributed by atoms with Crippen molar-refractivity contribution in [2.24, 2.45) is 0 Å². The number of H-pyrrole nitrogens is 1. The highest BCUT2D eigenvalue weighted by Gasteiger charge is 2.24. The topological polar surface area (TPSA) is 83.7 Å². The van der Waals surface area contributed by atoms with Gasteiger partial charge in [0.25, 0.3) is 5.91 Å². The largest absolute Gasteiger partial charge is 0.459 e. The van der Waals surface area contributed by atoms with Crippen LogP contribution in [0.2, 0.25) is 0 Å². The second-order valence-corrected chi connectivity index (χ2v) is 7.30. The van der Waals surface area contributed by atoms with Gasteiger partial charge in [0.15, 0.2) is 0 Å². The number of nitrogens with zero attached hydrogens (tertiary/aromatic N) is 1. The summed E-state index contributed by atoms with van der Waals surface area (Å²) in [6, 6.07) is 4.60. The fraction of sp³-hybridized carbons (Fsp3) is 0.429. The van der Waals surface area contributed by atoms with E-state index in [1.54, 1.807) is 39.8 Å². The molecule has 1 amide bonds. The van der Waals surface area contributed by atoms with Crippen molar-refractivity contribution in [3.63, 3.8) is 0 Å². The minimum Gasteiger partial charge on any atom is -0.459 e. The fourth-order valence-corrected chi connectivity index (χ4v) is 3.40. The number of ether oxygens (including phenoxy) is 2. The third-order valence-electron chi connectivity index (χ3n) is 4.77. The van der Waals surface area contributed by atoms with Gasteiger partial charge >= 0.3 is 5.97 Å². The van der Waals surface area contributed by atoms with Crippen molar-refractivity contribution >= 4 is 23.3 Å². The number of aromatic amines is 1. The first-order valence-corrected chi connectivity index (χ1v) is 9.61. The molecule has 0 radical (unpaired) electrons. The number of amides is 1. The second-order valence-electron chi connectivity index (χ2n) is 7.30. The Balaban J connectivity index is 1.77. The van der Waals surface area contributed by atoms with E-state index in [4.69, 9.17) is 9.47 Å². The lowest BCUT2D eigenvalue weighted by Gasteiger charge is -2.29. The van der Waals surface area contributed by atoms with E-state index < -0.39 is 17.7 Å². The summed E-state index contributed by atoms with van der Waals surface area (Å²) >= 11 is 0. The highest BCUT2D eigenvalue weighted by molar-refractivity contribution is 6.06. The summed E-state index contributed by atoms with van der Waals surface area (Å²) in [6.45, 7) is 9.28. The van der Waals surface area contributed by atoms with Gasteiger partial charge in [-0.15, -0.1) is 0 Å². The van der Waals surface area contributed by atoms with E-state index in [-0.39, 0.29) is 11.8 Å². The van der Waals surface area contributed by atoms with Crippen LogP contribution in [-0.2, 0) is 9.47 Å². The molecule has 2 aromatic rings. The number of morpholine rings is 1. The number of nitrogens with one attached hydrogen (secondary N) is 2. The van der Waals surface area contributed by atoms with Gasteiger partial charge in [-0.25, -0.2) is 9.18 Å². The molecule has 1 aliphatic rings. The van der Waals surface area contributed by atoms with Gasteiger partial charge in [0, 0.05) is 24.5 Å². The third kappa shape index (κ3) is 4.59. The standard InChI is InChI=1S/C21H26FN3O4/c1-12(2)29-21(27)18-13(3)19(23-14(18)4)20(26)24-15-5-6-17(16(22)11-15)25-7-9-28-10-8-25/h5-6,11-12,23H,7-10H2,1-4H3,(H,24,26). The summed E-state index contributed by atoms with van der Waals surface area (Å²) in [5.41, 5.74) is 2.45. The normalized spacial score (nSPS) is 14.2. The zero-order valence-electron chi connectivity index (χ0n) is 17.1. The molecule has 1 aromatic heterocycles. The average Bonchev–Trinajstić information content (AvgIpc) is 2.96. The number of benzene rings is 1. The first-order valence-electron chi connectivity index (χ1n) is 9.61. The molecule has 3 rings (SSSR count). The van der Waals surface area contributed by atoms with E-state index in [0.29, 0.717) is 54.5 Å². The average molecular weight is 403 g/mol. The molecule has 0 atom stereocenters. The Hall–Kier alpha value is -2.87. The SMILES string of the molecule is Cc1[nH]c(C(=O)Nc2ccc(N3CCOCC3)c(F)c2)c(C)c1C(=O)OC(C)C. The van der Waals surface area contributed by atoms with E-state index in [9.17, 15) is 14.0 Å². The van der Waals surface area contributed by atoms with Crippen molar-refractivity contribution in [3.8, 4) is 0 Å². The highest BCUT2D eigenvalue weighted by Crippen LogP contribution is 2.25. The number of hydrogen-bond acceptors (Lipinski definition) is 5. The summed E-state index contributed by atoms with van der Waals surface area (Å²) in [5, 5.41) is 2.68. The number of anilines is 2. The molecule has 2 heterocycles. The molecule has 8 heteroatoms. The number of esters is 1. The molecule has 0 bridgehead atoms. The number of halogens is 1. The maximum atomic E-state index is 14.6. The predicted octanol–water partition coefficient (Wildman–Crippen LogP) is 3.42. The van der Waals surface area contributed by atoms with Gasteiger partial charge in [-0.1, -0.05) is 0 Å². The van der Waals surface area contributed by atoms with Crippen LogP contribution in [-0.4, -0.2) is 49.3 Å². The molecule has 1 fully saturated rings. The van der Waals surface area contributed by atoms with Crippen molar-refractivity contribution in [2.45, 2.75) is 33.8 Å². The Kier molecular flexibility index (Phi) is 6.22. The summed E-state index contributed by atoms with van der Waals surface area (Å²) in [7, 11) is 0. The summed E-state index contributed by atoms with van der Waals surface area (Å²) in [5.74, 6) is -1.34. The zero-order valence-corrected chi connectivity index (χ0v) is 17.1. The van der Waals surface area contributed by atoms with Gasteiger partial charge in [0.05, 0.1) is 30.6 Å². The summed E-state index contributed by atoms with van der Waals surface area (Å²) < 4.78 is 25.1. The van der Waals surface area contributed by atoms with Crippen molar-refractivity contribution in [2.75, 3.05) is 36.5 Å². The van der Waals surface area contributed by atoms with Crippen LogP contribution in [0, 0.1) is 19.7 Å². The Morgan fingerprint density at radius 2 is 1.93 bits per heavy atom. The van der Waals surface area contributed by atoms with Crippen molar-refractivity contribution in [3.05, 3.63) is 46.5 Å². The van der Waals surface area contributed by atoms with E-state index in [1.807, 2.05) is 4.90 Å². The lowest BCUT2D eigenvalue weighted by atomic mass is 10.1. The summed E-state index contributed by atoms with van der Waals surface area (Å²) in [6.07, 6.45) is -0.263. The fourth-order valence-electron chi connectivity index (χ4n) is 3.40. The Labute approximate surface area is 169 Å². The van der Waals surface area contributed by atoms with Crippen molar-refractivity contribution in [1.82, 2.24) is 4.98 Å². The molecule has 1 aromatic carbocycles. The van der Waals surface area contributed by atoms with Gasteiger partial charge in [0.1, 0.15) is 11.5 Å². The van der Waals surface area contributed by atoms with Gasteiger partial charge in [-0.3, -0.25) is 4.79 Å². The van der Waals surface area contributed by atoms with Crippen LogP contribution in [0.4, 0.5) is 15.8 Å². The molecule has 0 spiro atoms. The number of aromatic nitrogens is 1. The minimum absolute atomic E-state index is 0.246. The molecular weight excluding hydrogens is 377 g/mol. The van der Waals surface area contributed by atoms with Crippen molar-refractivity contribution in [1.29, 1.82) is 0 Å². The molecule has 1 saturated heterocycles. The molecule has 1 aliphatic heterocycles. The smallest absolute Gasteiger partial charge is 0.340 e. The maximum Gasteiger partial charge on any atom is 0.340 e. The second kappa shape index (κ2) is 8.65. The Morgan fingerprint density at radius 1 is 1.24 bits per heavy atom. The van der Waals surface area contributed by atoms with Gasteiger partial charge in [-0.05, 0) is 51.5 Å². The van der Waals surface area contributed by atoms with E-state index >= 15 is 0 Å². The third-order valence-corrected chi connectivity index (χ3v) is 4.77. The molecule has 0 unspecified atom stereocenters. The maximum absolute atomic E-state index is 14.6. The van der Waals surface area contributed by atoms with E-state index in [2.05, 4.69) is 10.3 Å². The van der Waals surface area contributed by atoms with E-state index in [0.717, 1.165) is 0 Å². The number of carbonyl (C=O) groups is 2.